The van der Waals surface area contributed by atoms with Gasteiger partial charge in [0.25, 0.3) is 5.91 Å². The lowest BCUT2D eigenvalue weighted by Crippen LogP contribution is -2.17. The molecule has 3 aromatic rings. The molecule has 25 heavy (non-hydrogen) atoms. The Morgan fingerprint density at radius 2 is 2.04 bits per heavy atom. The Kier molecular flexibility index (Phi) is 4.85. The van der Waals surface area contributed by atoms with E-state index >= 15 is 0 Å². The normalized spacial score (nSPS) is 11.0. The maximum atomic E-state index is 12.3. The molecule has 0 atom stereocenters. The van der Waals surface area contributed by atoms with Crippen LogP contribution in [0.5, 0.6) is 5.75 Å². The Labute approximate surface area is 148 Å². The van der Waals surface area contributed by atoms with E-state index in [4.69, 9.17) is 14.9 Å². The van der Waals surface area contributed by atoms with Gasteiger partial charge >= 0.3 is 0 Å². The number of aryl methyl sites for hydroxylation is 1. The topological polar surface area (TPSA) is 89.8 Å². The first-order chi connectivity index (χ1) is 12.1. The second-order valence-corrected chi connectivity index (χ2v) is 6.32. The predicted molar refractivity (Wildman–Crippen MR) is 99.2 cm³/mol. The molecule has 0 aliphatic carbocycles. The highest BCUT2D eigenvalue weighted by Gasteiger charge is 2.15. The number of carbonyl (C=O) groups excluding carboxylic acids is 1. The van der Waals surface area contributed by atoms with Gasteiger partial charge in [0.05, 0.1) is 19.0 Å². The van der Waals surface area contributed by atoms with Gasteiger partial charge in [-0.3, -0.25) is 4.79 Å². The van der Waals surface area contributed by atoms with Gasteiger partial charge < -0.3 is 14.9 Å². The lowest BCUT2D eigenvalue weighted by atomic mass is 10.2. The van der Waals surface area contributed by atoms with E-state index < -0.39 is 0 Å². The second kappa shape index (κ2) is 7.23. The first-order valence-electron chi connectivity index (χ1n) is 7.50. The number of hydrogen-bond donors (Lipinski definition) is 2. The number of anilines is 1. The average molecular weight is 355 g/mol. The van der Waals surface area contributed by atoms with Crippen molar-refractivity contribution in [2.75, 3.05) is 12.8 Å². The summed E-state index contributed by atoms with van der Waals surface area (Å²) in [4.78, 5) is 13.6. The third-order valence-electron chi connectivity index (χ3n) is 3.46. The van der Waals surface area contributed by atoms with Crippen LogP contribution in [0.2, 0.25) is 0 Å². The number of methoxy groups -OCH3 is 1. The number of thiophene rings is 1. The monoisotopic (exact) mass is 355 g/mol. The number of furan rings is 1. The molecule has 0 aliphatic rings. The quantitative estimate of drug-likeness (QED) is 0.540. The second-order valence-electron chi connectivity index (χ2n) is 5.27. The molecule has 2 heterocycles. The zero-order valence-electron chi connectivity index (χ0n) is 13.8. The highest BCUT2D eigenvalue weighted by atomic mass is 32.1. The van der Waals surface area contributed by atoms with Gasteiger partial charge in [-0.15, -0.1) is 11.3 Å². The van der Waals surface area contributed by atoms with Crippen molar-refractivity contribution in [2.24, 2.45) is 5.10 Å². The number of rotatable bonds is 5. The zero-order chi connectivity index (χ0) is 17.8. The fraction of sp³-hybridized carbons (Fsp3) is 0.111. The van der Waals surface area contributed by atoms with Gasteiger partial charge in [0.2, 0.25) is 0 Å². The van der Waals surface area contributed by atoms with Crippen LogP contribution in [0.4, 0.5) is 5.69 Å². The molecule has 0 unspecified atom stereocenters. The number of amides is 1. The molecule has 0 bridgehead atoms. The lowest BCUT2D eigenvalue weighted by molar-refractivity contribution is 0.0960. The highest BCUT2D eigenvalue weighted by Crippen LogP contribution is 2.33. The van der Waals surface area contributed by atoms with Crippen LogP contribution in [0.1, 0.15) is 21.2 Å². The molecule has 0 spiro atoms. The lowest BCUT2D eigenvalue weighted by Gasteiger charge is -2.00. The number of nitrogen functional groups attached to an aromatic ring is 1. The number of nitrogens with zero attached hydrogens (tertiary/aromatic N) is 1. The van der Waals surface area contributed by atoms with Crippen LogP contribution in [0.3, 0.4) is 0 Å². The van der Waals surface area contributed by atoms with Gasteiger partial charge in [0, 0.05) is 4.88 Å². The average Bonchev–Trinajstić information content (AvgIpc) is 3.20. The van der Waals surface area contributed by atoms with Gasteiger partial charge in [-0.25, -0.2) is 5.43 Å². The van der Waals surface area contributed by atoms with Crippen molar-refractivity contribution >= 4 is 29.1 Å². The van der Waals surface area contributed by atoms with Crippen molar-refractivity contribution in [2.45, 2.75) is 6.92 Å². The third kappa shape index (κ3) is 3.89. The number of carbonyl (C=O) groups is 1. The van der Waals surface area contributed by atoms with E-state index in [1.54, 1.807) is 19.2 Å². The van der Waals surface area contributed by atoms with Crippen molar-refractivity contribution < 1.29 is 13.9 Å². The summed E-state index contributed by atoms with van der Waals surface area (Å²) in [6, 6.07) is 12.9. The fourth-order valence-corrected chi connectivity index (χ4v) is 3.18. The number of ether oxygens (including phenoxy) is 1. The van der Waals surface area contributed by atoms with Crippen LogP contribution >= 0.6 is 11.3 Å². The predicted octanol–water partition coefficient (Wildman–Crippen LogP) is 3.67. The Balaban J connectivity index is 1.72. The molecule has 1 aromatic carbocycles. The number of benzene rings is 1. The third-order valence-corrected chi connectivity index (χ3v) is 4.66. The SMILES string of the molecule is COc1ccc(-c2cc(N)c(C(=O)N/N=C/c3ccc(C)o3)s2)cc1. The Bertz CT molecular complexity index is 910. The van der Waals surface area contributed by atoms with Gasteiger partial charge in [-0.05, 0) is 55.0 Å². The maximum Gasteiger partial charge on any atom is 0.283 e. The zero-order valence-corrected chi connectivity index (χ0v) is 14.6. The standard InChI is InChI=1S/C18H17N3O3S/c1-11-3-6-14(24-11)10-20-21-18(22)17-15(19)9-16(25-17)12-4-7-13(23-2)8-5-12/h3-10H,19H2,1-2H3,(H,21,22)/b20-10+. The minimum Gasteiger partial charge on any atom is -0.497 e. The van der Waals surface area contributed by atoms with Crippen LogP contribution in [0.25, 0.3) is 10.4 Å². The molecule has 6 nitrogen and oxygen atoms in total. The minimum atomic E-state index is -0.359. The van der Waals surface area contributed by atoms with Crippen molar-refractivity contribution in [1.29, 1.82) is 0 Å². The number of nitrogens with two attached hydrogens (primary N) is 1. The number of hydrazone groups is 1. The van der Waals surface area contributed by atoms with Gasteiger partial charge in [0.1, 0.15) is 22.1 Å². The summed E-state index contributed by atoms with van der Waals surface area (Å²) in [7, 11) is 1.62. The Morgan fingerprint density at radius 3 is 2.68 bits per heavy atom. The Hall–Kier alpha value is -3.06. The van der Waals surface area contributed by atoms with Crippen molar-refractivity contribution in [1.82, 2.24) is 5.43 Å². The van der Waals surface area contributed by atoms with E-state index in [9.17, 15) is 4.79 Å². The van der Waals surface area contributed by atoms with Crippen LogP contribution in [0, 0.1) is 6.92 Å². The van der Waals surface area contributed by atoms with Gasteiger partial charge in [-0.1, -0.05) is 0 Å². The summed E-state index contributed by atoms with van der Waals surface area (Å²) in [6.07, 6.45) is 1.44. The molecular weight excluding hydrogens is 338 g/mol. The minimum absolute atomic E-state index is 0.359. The molecule has 3 N–H and O–H groups in total. The molecule has 0 saturated heterocycles. The van der Waals surface area contributed by atoms with Crippen LogP contribution < -0.4 is 15.9 Å². The highest BCUT2D eigenvalue weighted by molar-refractivity contribution is 7.18. The van der Waals surface area contributed by atoms with E-state index in [-0.39, 0.29) is 5.91 Å². The first kappa shape index (κ1) is 16.8. The van der Waals surface area contributed by atoms with Crippen LogP contribution in [-0.4, -0.2) is 19.2 Å². The van der Waals surface area contributed by atoms with Crippen LogP contribution in [0.15, 0.2) is 52.0 Å². The fourth-order valence-electron chi connectivity index (χ4n) is 2.21. The molecule has 3 rings (SSSR count). The van der Waals surface area contributed by atoms with Gasteiger partial charge in [-0.2, -0.15) is 5.10 Å². The molecule has 0 radical (unpaired) electrons. The summed E-state index contributed by atoms with van der Waals surface area (Å²) < 4.78 is 10.5. The maximum absolute atomic E-state index is 12.3. The van der Waals surface area contributed by atoms with Crippen molar-refractivity contribution in [3.63, 3.8) is 0 Å². The Morgan fingerprint density at radius 1 is 1.28 bits per heavy atom. The molecule has 2 aromatic heterocycles. The van der Waals surface area contributed by atoms with E-state index in [2.05, 4.69) is 10.5 Å². The molecule has 0 aliphatic heterocycles. The summed E-state index contributed by atoms with van der Waals surface area (Å²) in [6.45, 7) is 1.84. The molecule has 1 amide bonds. The molecule has 128 valence electrons. The summed E-state index contributed by atoms with van der Waals surface area (Å²) in [5, 5.41) is 3.89. The molecular formula is C18H17N3O3S. The van der Waals surface area contributed by atoms with Crippen molar-refractivity contribution in [3.8, 4) is 16.2 Å². The van der Waals surface area contributed by atoms with Gasteiger partial charge in [0.15, 0.2) is 0 Å². The number of nitrogens with one attached hydrogen (secondary N) is 1. The van der Waals surface area contributed by atoms with E-state index in [1.165, 1.54) is 17.6 Å². The molecule has 0 fully saturated rings. The molecule has 0 saturated carbocycles. The summed E-state index contributed by atoms with van der Waals surface area (Å²) >= 11 is 1.31. The van der Waals surface area contributed by atoms with E-state index in [0.29, 0.717) is 16.3 Å². The van der Waals surface area contributed by atoms with E-state index in [0.717, 1.165) is 22.0 Å². The number of hydrogen-bond acceptors (Lipinski definition) is 6. The largest absolute Gasteiger partial charge is 0.497 e. The smallest absolute Gasteiger partial charge is 0.283 e. The van der Waals surface area contributed by atoms with E-state index in [1.807, 2.05) is 37.3 Å². The summed E-state index contributed by atoms with van der Waals surface area (Å²) in [5.41, 5.74) is 9.82. The van der Waals surface area contributed by atoms with Crippen molar-refractivity contribution in [3.05, 3.63) is 58.9 Å². The first-order valence-corrected chi connectivity index (χ1v) is 8.32. The molecule has 7 heteroatoms. The van der Waals surface area contributed by atoms with Crippen LogP contribution in [-0.2, 0) is 0 Å². The summed E-state index contributed by atoms with van der Waals surface area (Å²) in [5.74, 6) is 1.76.